The van der Waals surface area contributed by atoms with Crippen molar-refractivity contribution in [3.8, 4) is 11.8 Å². The van der Waals surface area contributed by atoms with Gasteiger partial charge in [0.1, 0.15) is 11.6 Å². The zero-order valence-electron chi connectivity index (χ0n) is 30.4. The van der Waals surface area contributed by atoms with Crippen molar-refractivity contribution in [1.29, 1.82) is 0 Å². The van der Waals surface area contributed by atoms with E-state index in [0.29, 0.717) is 91.5 Å². The largest absolute Gasteiger partial charge is 0.471 e. The molecule has 0 aromatic heterocycles. The molecule has 0 aliphatic carbocycles. The standard InChI is InChI=1S/C39H54NO11P/c1-46-52(44,45)51-24-10-4-2-3-5-15-37(42)22-25-48-27-29-50-31-30-49-28-26-47-23-11-16-36(41)20-21-39(43)40-32-35-14-7-6-12-33(35)18-19-34-13-8-9-17-38(34)40/h6-9,12-14,17H,2-5,10-11,15-16,20-32H2,1H3,(H,44,45). The lowest BCUT2D eigenvalue weighted by Gasteiger charge is -2.26. The van der Waals surface area contributed by atoms with Crippen LogP contribution in [-0.2, 0) is 53.5 Å². The topological polar surface area (TPSA) is 147 Å². The first-order chi connectivity index (χ1) is 25.3. The Morgan fingerprint density at radius 3 is 1.92 bits per heavy atom. The molecule has 1 N–H and O–H groups in total. The number of para-hydroxylation sites is 1. The number of phosphoric ester groups is 1. The van der Waals surface area contributed by atoms with Crippen LogP contribution < -0.4 is 4.90 Å². The second-order valence-electron chi connectivity index (χ2n) is 12.3. The number of anilines is 1. The number of carbonyl (C=O) groups is 3. The quantitative estimate of drug-likeness (QED) is 0.0578. The highest BCUT2D eigenvalue weighted by atomic mass is 31.2. The highest BCUT2D eigenvalue weighted by Crippen LogP contribution is 2.42. The van der Waals surface area contributed by atoms with Crippen LogP contribution in [0.4, 0.5) is 5.69 Å². The average molecular weight is 744 g/mol. The Hall–Kier alpha value is -3.24. The Bertz CT molecular complexity index is 1490. The number of benzene rings is 2. The van der Waals surface area contributed by atoms with Crippen molar-refractivity contribution in [2.45, 2.75) is 77.2 Å². The zero-order valence-corrected chi connectivity index (χ0v) is 31.3. The van der Waals surface area contributed by atoms with Gasteiger partial charge in [-0.1, -0.05) is 61.4 Å². The minimum atomic E-state index is -3.89. The molecule has 1 unspecified atom stereocenters. The van der Waals surface area contributed by atoms with Crippen LogP contribution in [0.3, 0.4) is 0 Å². The van der Waals surface area contributed by atoms with Crippen molar-refractivity contribution in [2.75, 3.05) is 71.5 Å². The van der Waals surface area contributed by atoms with Gasteiger partial charge in [-0.2, -0.15) is 0 Å². The highest BCUT2D eigenvalue weighted by Gasteiger charge is 2.22. The van der Waals surface area contributed by atoms with Crippen molar-refractivity contribution < 1.29 is 51.8 Å². The van der Waals surface area contributed by atoms with Gasteiger partial charge in [-0.15, -0.1) is 0 Å². The van der Waals surface area contributed by atoms with E-state index in [1.807, 2.05) is 48.5 Å². The van der Waals surface area contributed by atoms with E-state index >= 15 is 0 Å². The first-order valence-electron chi connectivity index (χ1n) is 18.2. The monoisotopic (exact) mass is 743 g/mol. The van der Waals surface area contributed by atoms with Crippen molar-refractivity contribution in [3.05, 3.63) is 65.2 Å². The van der Waals surface area contributed by atoms with E-state index in [1.165, 1.54) is 0 Å². The summed E-state index contributed by atoms with van der Waals surface area (Å²) in [6, 6.07) is 15.4. The van der Waals surface area contributed by atoms with Crippen molar-refractivity contribution in [1.82, 2.24) is 0 Å². The number of hydrogen-bond donors (Lipinski definition) is 1. The van der Waals surface area contributed by atoms with Crippen LogP contribution in [0.25, 0.3) is 0 Å². The van der Waals surface area contributed by atoms with Crippen LogP contribution in [0.1, 0.15) is 87.3 Å². The predicted molar refractivity (Wildman–Crippen MR) is 197 cm³/mol. The molecule has 0 saturated carbocycles. The first-order valence-corrected chi connectivity index (χ1v) is 19.7. The lowest BCUT2D eigenvalue weighted by molar-refractivity contribution is -0.124. The summed E-state index contributed by atoms with van der Waals surface area (Å²) in [4.78, 5) is 48.7. The molecular formula is C39H54NO11P. The van der Waals surface area contributed by atoms with Gasteiger partial charge in [0.2, 0.25) is 5.91 Å². The van der Waals surface area contributed by atoms with Crippen LogP contribution >= 0.6 is 7.82 Å². The number of phosphoric acid groups is 1. The SMILES string of the molecule is COP(=O)(O)OCCCCCCCC(=O)CCOCCOCCOCCOCCCC(=O)CCC(=O)N1Cc2ccccc2C#Cc2ccccc21. The molecule has 1 aliphatic rings. The minimum absolute atomic E-state index is 0.0379. The van der Waals surface area contributed by atoms with Crippen LogP contribution in [0.2, 0.25) is 0 Å². The molecule has 1 atom stereocenters. The van der Waals surface area contributed by atoms with E-state index in [0.717, 1.165) is 55.2 Å². The predicted octanol–water partition coefficient (Wildman–Crippen LogP) is 6.19. The Morgan fingerprint density at radius 1 is 0.635 bits per heavy atom. The molecule has 1 aliphatic heterocycles. The summed E-state index contributed by atoms with van der Waals surface area (Å²) >= 11 is 0. The van der Waals surface area contributed by atoms with Gasteiger partial charge in [0, 0.05) is 56.9 Å². The summed E-state index contributed by atoms with van der Waals surface area (Å²) in [6.45, 7) is 3.92. The average Bonchev–Trinajstić information content (AvgIpc) is 3.14. The Labute approximate surface area is 308 Å². The fourth-order valence-electron chi connectivity index (χ4n) is 5.35. The maximum Gasteiger partial charge on any atom is 0.471 e. The highest BCUT2D eigenvalue weighted by molar-refractivity contribution is 7.47. The number of fused-ring (bicyclic) bond motifs is 2. The van der Waals surface area contributed by atoms with E-state index in [4.69, 9.17) is 28.4 Å². The van der Waals surface area contributed by atoms with Gasteiger partial charge in [-0.25, -0.2) is 4.57 Å². The molecule has 2 aromatic carbocycles. The molecule has 1 amide bonds. The van der Waals surface area contributed by atoms with Gasteiger partial charge in [0.25, 0.3) is 0 Å². The molecule has 12 nitrogen and oxygen atoms in total. The van der Waals surface area contributed by atoms with E-state index in [-0.39, 0.29) is 36.9 Å². The second kappa shape index (κ2) is 25.7. The number of ketones is 2. The van der Waals surface area contributed by atoms with E-state index < -0.39 is 7.82 Å². The molecule has 0 fully saturated rings. The summed E-state index contributed by atoms with van der Waals surface area (Å²) < 4.78 is 42.3. The van der Waals surface area contributed by atoms with Crippen LogP contribution in [-0.4, -0.2) is 88.9 Å². The molecule has 3 rings (SSSR count). The molecular weight excluding hydrogens is 689 g/mol. The van der Waals surface area contributed by atoms with Crippen molar-refractivity contribution in [3.63, 3.8) is 0 Å². The van der Waals surface area contributed by atoms with E-state index in [1.54, 1.807) is 4.90 Å². The van der Waals surface area contributed by atoms with Crippen LogP contribution in [0.5, 0.6) is 0 Å². The first kappa shape index (κ1) is 43.2. The summed E-state index contributed by atoms with van der Waals surface area (Å²) in [7, 11) is -2.76. The van der Waals surface area contributed by atoms with Gasteiger partial charge < -0.3 is 28.7 Å². The normalized spacial score (nSPS) is 13.2. The lowest BCUT2D eigenvalue weighted by Crippen LogP contribution is -2.32. The van der Waals surface area contributed by atoms with Gasteiger partial charge in [-0.3, -0.25) is 23.4 Å². The molecule has 0 spiro atoms. The smallest absolute Gasteiger partial charge is 0.379 e. The van der Waals surface area contributed by atoms with Crippen molar-refractivity contribution >= 4 is 31.0 Å². The fraction of sp³-hybridized carbons (Fsp3) is 0.564. The van der Waals surface area contributed by atoms with Gasteiger partial charge in [0.15, 0.2) is 0 Å². The number of hydrogen-bond acceptors (Lipinski definition) is 10. The van der Waals surface area contributed by atoms with E-state index in [9.17, 15) is 18.9 Å². The third-order valence-corrected chi connectivity index (χ3v) is 9.23. The maximum absolute atomic E-state index is 13.3. The van der Waals surface area contributed by atoms with Gasteiger partial charge in [-0.05, 0) is 43.0 Å². The van der Waals surface area contributed by atoms with Gasteiger partial charge >= 0.3 is 7.82 Å². The maximum atomic E-state index is 13.3. The number of Topliss-reactive ketones (excluding diaryl/α,β-unsaturated/α-hetero) is 2. The fourth-order valence-corrected chi connectivity index (χ4v) is 5.81. The lowest BCUT2D eigenvalue weighted by atomic mass is 10.0. The van der Waals surface area contributed by atoms with Crippen molar-refractivity contribution in [2.24, 2.45) is 0 Å². The number of nitrogens with zero attached hydrogens (tertiary/aromatic N) is 1. The molecule has 52 heavy (non-hydrogen) atoms. The number of unbranched alkanes of at least 4 members (excludes halogenated alkanes) is 4. The van der Waals surface area contributed by atoms with Gasteiger partial charge in [0.05, 0.1) is 65.1 Å². The van der Waals surface area contributed by atoms with E-state index in [2.05, 4.69) is 16.4 Å². The third kappa shape index (κ3) is 18.0. The number of carbonyl (C=O) groups excluding carboxylic acids is 3. The Balaban J connectivity index is 1.09. The molecule has 286 valence electrons. The summed E-state index contributed by atoms with van der Waals surface area (Å²) in [5.41, 5.74) is 3.44. The van der Waals surface area contributed by atoms with Crippen LogP contribution in [0.15, 0.2) is 48.5 Å². The molecule has 1 heterocycles. The number of rotatable bonds is 29. The molecule has 0 bridgehead atoms. The van der Waals surface area contributed by atoms with Crippen LogP contribution in [0, 0.1) is 11.8 Å². The third-order valence-electron chi connectivity index (χ3n) is 8.26. The summed E-state index contributed by atoms with van der Waals surface area (Å²) in [5, 5.41) is 0. The Morgan fingerprint density at radius 2 is 1.19 bits per heavy atom. The summed E-state index contributed by atoms with van der Waals surface area (Å²) in [6.07, 6.45) is 6.38. The number of ether oxygens (including phenoxy) is 4. The molecule has 13 heteroatoms. The molecule has 0 saturated heterocycles. The summed E-state index contributed by atoms with van der Waals surface area (Å²) in [5.74, 6) is 6.52. The number of amides is 1. The Kier molecular flexibility index (Phi) is 21.3. The molecule has 0 radical (unpaired) electrons. The minimum Gasteiger partial charge on any atom is -0.379 e. The zero-order chi connectivity index (χ0) is 37.3. The second-order valence-corrected chi connectivity index (χ2v) is 13.8. The molecule has 2 aromatic rings.